The van der Waals surface area contributed by atoms with Crippen LogP contribution in [0.3, 0.4) is 0 Å². The lowest BCUT2D eigenvalue weighted by molar-refractivity contribution is -0.119. The van der Waals surface area contributed by atoms with Gasteiger partial charge in [0.25, 0.3) is 5.91 Å². The highest BCUT2D eigenvalue weighted by molar-refractivity contribution is 6.21. The number of hydrogen-bond acceptors (Lipinski definition) is 2. The Bertz CT molecular complexity index is 998. The second-order valence-electron chi connectivity index (χ2n) is 7.25. The minimum atomic E-state index is -0.787. The van der Waals surface area contributed by atoms with Crippen LogP contribution in [0.5, 0.6) is 0 Å². The molecule has 3 aromatic rings. The molecular weight excluding hydrogens is 384 g/mol. The molecule has 0 bridgehead atoms. The molecule has 3 aromatic carbocycles. The Morgan fingerprint density at radius 2 is 1.55 bits per heavy atom. The van der Waals surface area contributed by atoms with Crippen molar-refractivity contribution in [2.75, 3.05) is 0 Å². The topological polar surface area (TPSA) is 72.2 Å². The largest absolute Gasteiger partial charge is 0.368 e. The first-order valence-electron chi connectivity index (χ1n) is 9.51. The molecule has 1 aliphatic heterocycles. The molecule has 0 saturated heterocycles. The van der Waals surface area contributed by atoms with Crippen molar-refractivity contribution in [3.05, 3.63) is 107 Å². The van der Waals surface area contributed by atoms with Crippen molar-refractivity contribution in [3.8, 4) is 0 Å². The van der Waals surface area contributed by atoms with E-state index in [1.54, 1.807) is 6.07 Å². The van der Waals surface area contributed by atoms with Crippen molar-refractivity contribution in [3.63, 3.8) is 0 Å². The Hall–Kier alpha value is -3.11. The summed E-state index contributed by atoms with van der Waals surface area (Å²) >= 11 is 6.95. The summed E-state index contributed by atoms with van der Waals surface area (Å²) in [6, 6.07) is 25.1. The van der Waals surface area contributed by atoms with E-state index in [0.29, 0.717) is 17.5 Å². The van der Waals surface area contributed by atoms with Crippen LogP contribution in [-0.4, -0.2) is 17.2 Å². The molecule has 2 amide bonds. The van der Waals surface area contributed by atoms with Gasteiger partial charge in [0, 0.05) is 16.9 Å². The van der Waals surface area contributed by atoms with Crippen molar-refractivity contribution >= 4 is 23.4 Å². The average Bonchev–Trinajstić information content (AvgIpc) is 3.06. The van der Waals surface area contributed by atoms with Crippen LogP contribution in [-0.2, 0) is 11.2 Å². The minimum Gasteiger partial charge on any atom is -0.368 e. The molecule has 5 heteroatoms. The van der Waals surface area contributed by atoms with E-state index in [2.05, 4.69) is 29.6 Å². The van der Waals surface area contributed by atoms with E-state index in [-0.39, 0.29) is 17.2 Å². The number of nitrogens with one attached hydrogen (secondary N) is 1. The Labute approximate surface area is 174 Å². The molecular formula is C24H21ClN2O2. The number of amides is 2. The first-order valence-corrected chi connectivity index (χ1v) is 9.95. The molecule has 29 heavy (non-hydrogen) atoms. The lowest BCUT2D eigenvalue weighted by atomic mass is 9.85. The van der Waals surface area contributed by atoms with Gasteiger partial charge < -0.3 is 11.1 Å². The van der Waals surface area contributed by atoms with Crippen molar-refractivity contribution in [1.29, 1.82) is 0 Å². The second kappa shape index (κ2) is 8.10. The standard InChI is InChI=1S/C24H21ClN2O2/c25-20(21(16-7-3-1-4-8-16)17-9-5-2-6-10-17)14-15-11-12-18-19(13-15)22(23(26)28)27-24(18)29/h1-13,20-22H,14H2,(H2,26,28)(H,27,29). The number of fused-ring (bicyclic) bond motifs is 1. The van der Waals surface area contributed by atoms with Gasteiger partial charge in [-0.15, -0.1) is 11.6 Å². The summed E-state index contributed by atoms with van der Waals surface area (Å²) < 4.78 is 0. The van der Waals surface area contributed by atoms with Crippen LogP contribution >= 0.6 is 11.6 Å². The molecule has 4 nitrogen and oxygen atoms in total. The molecule has 0 radical (unpaired) electrons. The molecule has 3 N–H and O–H groups in total. The highest BCUT2D eigenvalue weighted by Crippen LogP contribution is 2.34. The van der Waals surface area contributed by atoms with Crippen LogP contribution in [0.4, 0.5) is 0 Å². The predicted octanol–water partition coefficient (Wildman–Crippen LogP) is 3.94. The van der Waals surface area contributed by atoms with Crippen LogP contribution in [0.25, 0.3) is 0 Å². The van der Waals surface area contributed by atoms with Gasteiger partial charge in [0.1, 0.15) is 6.04 Å². The van der Waals surface area contributed by atoms with Gasteiger partial charge in [0.05, 0.1) is 0 Å². The second-order valence-corrected chi connectivity index (χ2v) is 7.81. The lowest BCUT2D eigenvalue weighted by Gasteiger charge is -2.24. The molecule has 0 aromatic heterocycles. The number of carbonyl (C=O) groups is 2. The summed E-state index contributed by atoms with van der Waals surface area (Å²) in [5.74, 6) is -0.827. The minimum absolute atomic E-state index is 0.0130. The number of carbonyl (C=O) groups excluding carboxylic acids is 2. The van der Waals surface area contributed by atoms with Gasteiger partial charge in [-0.05, 0) is 34.7 Å². The van der Waals surface area contributed by atoms with Crippen molar-refractivity contribution in [1.82, 2.24) is 5.32 Å². The van der Waals surface area contributed by atoms with E-state index >= 15 is 0 Å². The zero-order valence-electron chi connectivity index (χ0n) is 15.7. The van der Waals surface area contributed by atoms with Gasteiger partial charge in [-0.1, -0.05) is 72.8 Å². The maximum absolute atomic E-state index is 12.0. The summed E-state index contributed by atoms with van der Waals surface area (Å²) in [5.41, 5.74) is 9.82. The van der Waals surface area contributed by atoms with Crippen LogP contribution < -0.4 is 11.1 Å². The summed E-state index contributed by atoms with van der Waals surface area (Å²) in [7, 11) is 0. The van der Waals surface area contributed by atoms with E-state index in [1.807, 2.05) is 48.5 Å². The third kappa shape index (κ3) is 3.89. The number of alkyl halides is 1. The maximum Gasteiger partial charge on any atom is 0.252 e. The molecule has 0 saturated carbocycles. The Morgan fingerprint density at radius 3 is 2.10 bits per heavy atom. The van der Waals surface area contributed by atoms with Crippen LogP contribution in [0.15, 0.2) is 78.9 Å². The number of halogens is 1. The number of rotatable bonds is 6. The zero-order valence-corrected chi connectivity index (χ0v) is 16.5. The van der Waals surface area contributed by atoms with Gasteiger partial charge in [0.15, 0.2) is 0 Å². The zero-order chi connectivity index (χ0) is 20.4. The molecule has 2 atom stereocenters. The summed E-state index contributed by atoms with van der Waals surface area (Å²) in [5, 5.41) is 2.41. The number of primary amides is 1. The smallest absolute Gasteiger partial charge is 0.252 e. The highest BCUT2D eigenvalue weighted by atomic mass is 35.5. The Balaban J connectivity index is 1.65. The van der Waals surface area contributed by atoms with Gasteiger partial charge in [-0.2, -0.15) is 0 Å². The first kappa shape index (κ1) is 19.2. The van der Waals surface area contributed by atoms with E-state index in [4.69, 9.17) is 17.3 Å². The summed E-state index contributed by atoms with van der Waals surface area (Å²) in [6.45, 7) is 0. The fourth-order valence-electron chi connectivity index (χ4n) is 3.97. The SMILES string of the molecule is NC(=O)C1NC(=O)c2ccc(CC(Cl)C(c3ccccc3)c3ccccc3)cc21. The predicted molar refractivity (Wildman–Crippen MR) is 114 cm³/mol. The summed E-state index contributed by atoms with van der Waals surface area (Å²) in [6.07, 6.45) is 0.586. The molecule has 146 valence electrons. The van der Waals surface area contributed by atoms with Crippen molar-refractivity contribution in [2.24, 2.45) is 5.73 Å². The molecule has 0 fully saturated rings. The first-order chi connectivity index (χ1) is 14.0. The fourth-order valence-corrected chi connectivity index (χ4v) is 4.44. The van der Waals surface area contributed by atoms with Crippen molar-refractivity contribution in [2.45, 2.75) is 23.8 Å². The third-order valence-electron chi connectivity index (χ3n) is 5.34. The Kier molecular flexibility index (Phi) is 5.36. The van der Waals surface area contributed by atoms with E-state index < -0.39 is 11.9 Å². The van der Waals surface area contributed by atoms with Crippen molar-refractivity contribution < 1.29 is 9.59 Å². The van der Waals surface area contributed by atoms with Crippen LogP contribution in [0.1, 0.15) is 44.6 Å². The molecule has 4 rings (SSSR count). The molecule has 0 aliphatic carbocycles. The van der Waals surface area contributed by atoms with E-state index in [9.17, 15) is 9.59 Å². The third-order valence-corrected chi connectivity index (χ3v) is 5.75. The summed E-state index contributed by atoms with van der Waals surface area (Å²) in [4.78, 5) is 23.8. The Morgan fingerprint density at radius 1 is 0.966 bits per heavy atom. The average molecular weight is 405 g/mol. The van der Waals surface area contributed by atoms with Gasteiger partial charge in [-0.3, -0.25) is 9.59 Å². The maximum atomic E-state index is 12.0. The number of hydrogen-bond donors (Lipinski definition) is 2. The van der Waals surface area contributed by atoms with Crippen LogP contribution in [0.2, 0.25) is 0 Å². The van der Waals surface area contributed by atoms with Crippen LogP contribution in [0, 0.1) is 0 Å². The van der Waals surface area contributed by atoms with E-state index in [0.717, 1.165) is 16.7 Å². The molecule has 1 aliphatic rings. The number of nitrogens with two attached hydrogens (primary N) is 1. The number of benzene rings is 3. The monoisotopic (exact) mass is 404 g/mol. The normalized spacial score (nSPS) is 16.3. The van der Waals surface area contributed by atoms with Gasteiger partial charge >= 0.3 is 0 Å². The van der Waals surface area contributed by atoms with Gasteiger partial charge in [0.2, 0.25) is 5.91 Å². The lowest BCUT2D eigenvalue weighted by Crippen LogP contribution is -2.31. The quantitative estimate of drug-likeness (QED) is 0.611. The fraction of sp³-hybridized carbons (Fsp3) is 0.167. The highest BCUT2D eigenvalue weighted by Gasteiger charge is 2.33. The molecule has 1 heterocycles. The van der Waals surface area contributed by atoms with Gasteiger partial charge in [-0.25, -0.2) is 0 Å². The molecule has 0 spiro atoms. The molecule has 2 unspecified atom stereocenters. The van der Waals surface area contributed by atoms with E-state index in [1.165, 1.54) is 0 Å².